The number of benzene rings is 1. The van der Waals surface area contributed by atoms with E-state index >= 15 is 0 Å². The van der Waals surface area contributed by atoms with E-state index in [4.69, 9.17) is 0 Å². The summed E-state index contributed by atoms with van der Waals surface area (Å²) in [6, 6.07) is 10.3. The molecule has 1 radical (unpaired) electrons. The third-order valence-corrected chi connectivity index (χ3v) is 1.65. The first-order valence-corrected chi connectivity index (χ1v) is 3.85. The molecule has 0 amide bonds. The standard InChI is InChI=1S/C11H13/c1-3-7-10(2)11-8-5-4-6-9-11/h3-10H,2H2,1H3/b7-3-. The average Bonchev–Trinajstić information content (AvgIpc) is 2.07. The van der Waals surface area contributed by atoms with Gasteiger partial charge in [-0.25, -0.2) is 0 Å². The van der Waals surface area contributed by atoms with Gasteiger partial charge in [-0.2, -0.15) is 0 Å². The molecule has 0 spiro atoms. The third-order valence-electron chi connectivity index (χ3n) is 1.65. The third kappa shape index (κ3) is 2.23. The van der Waals surface area contributed by atoms with Crippen molar-refractivity contribution in [1.29, 1.82) is 0 Å². The molecule has 1 aromatic rings. The maximum atomic E-state index is 4.01. The van der Waals surface area contributed by atoms with E-state index in [1.165, 1.54) is 5.56 Å². The smallest absolute Gasteiger partial charge is 0.00181 e. The van der Waals surface area contributed by atoms with Crippen molar-refractivity contribution in [1.82, 2.24) is 0 Å². The zero-order valence-electron chi connectivity index (χ0n) is 6.83. The fraction of sp³-hybridized carbons (Fsp3) is 0.182. The summed E-state index contributed by atoms with van der Waals surface area (Å²) in [6.45, 7) is 6.03. The predicted molar refractivity (Wildman–Crippen MR) is 49.4 cm³/mol. The van der Waals surface area contributed by atoms with Crippen molar-refractivity contribution in [3.05, 3.63) is 55.0 Å². The molecule has 0 fully saturated rings. The Labute approximate surface area is 68.6 Å². The largest absolute Gasteiger partial charge is 0.0910 e. The molecule has 0 aliphatic rings. The minimum atomic E-state index is 0.293. The summed E-state index contributed by atoms with van der Waals surface area (Å²) in [5.41, 5.74) is 1.27. The Bertz CT molecular complexity index is 221. The molecule has 0 aliphatic heterocycles. The van der Waals surface area contributed by atoms with Crippen molar-refractivity contribution >= 4 is 0 Å². The molecule has 1 rings (SSSR count). The summed E-state index contributed by atoms with van der Waals surface area (Å²) < 4.78 is 0. The molecular weight excluding hydrogens is 132 g/mol. The van der Waals surface area contributed by atoms with Gasteiger partial charge in [-0.05, 0) is 19.4 Å². The first-order chi connectivity index (χ1) is 5.34. The Balaban J connectivity index is 2.76. The van der Waals surface area contributed by atoms with Gasteiger partial charge in [-0.15, -0.1) is 0 Å². The van der Waals surface area contributed by atoms with Crippen molar-refractivity contribution < 1.29 is 0 Å². The lowest BCUT2D eigenvalue weighted by molar-refractivity contribution is 1.08. The maximum Gasteiger partial charge on any atom is 0.00181 e. The van der Waals surface area contributed by atoms with Gasteiger partial charge in [0.25, 0.3) is 0 Å². The normalized spacial score (nSPS) is 13.6. The Morgan fingerprint density at radius 2 is 1.91 bits per heavy atom. The number of allylic oxidation sites excluding steroid dienone is 2. The molecule has 0 saturated carbocycles. The van der Waals surface area contributed by atoms with Gasteiger partial charge in [0.2, 0.25) is 0 Å². The van der Waals surface area contributed by atoms with Gasteiger partial charge in [0.1, 0.15) is 0 Å². The van der Waals surface area contributed by atoms with Crippen LogP contribution in [0.1, 0.15) is 18.4 Å². The molecule has 11 heavy (non-hydrogen) atoms. The van der Waals surface area contributed by atoms with Gasteiger partial charge in [0, 0.05) is 5.92 Å². The van der Waals surface area contributed by atoms with Crippen LogP contribution < -0.4 is 0 Å². The quantitative estimate of drug-likeness (QED) is 0.561. The van der Waals surface area contributed by atoms with Gasteiger partial charge >= 0.3 is 0 Å². The van der Waals surface area contributed by atoms with E-state index in [1.807, 2.05) is 31.2 Å². The fourth-order valence-corrected chi connectivity index (χ4v) is 1.04. The van der Waals surface area contributed by atoms with Crippen molar-refractivity contribution in [2.24, 2.45) is 0 Å². The molecule has 0 bridgehead atoms. The van der Waals surface area contributed by atoms with Crippen molar-refractivity contribution in [3.8, 4) is 0 Å². The van der Waals surface area contributed by atoms with Crippen LogP contribution in [0.5, 0.6) is 0 Å². The molecular formula is C11H13. The second kappa shape index (κ2) is 3.97. The molecule has 0 saturated heterocycles. The monoisotopic (exact) mass is 145 g/mol. The molecule has 0 aromatic heterocycles. The van der Waals surface area contributed by atoms with Gasteiger partial charge in [-0.1, -0.05) is 42.5 Å². The Hall–Kier alpha value is -1.04. The highest BCUT2D eigenvalue weighted by molar-refractivity contribution is 5.24. The van der Waals surface area contributed by atoms with Crippen LogP contribution in [0, 0.1) is 6.92 Å². The molecule has 0 nitrogen and oxygen atoms in total. The molecule has 0 heterocycles. The van der Waals surface area contributed by atoms with Gasteiger partial charge < -0.3 is 0 Å². The number of hydrogen-bond donors (Lipinski definition) is 0. The van der Waals surface area contributed by atoms with Crippen LogP contribution in [-0.4, -0.2) is 0 Å². The van der Waals surface area contributed by atoms with Crippen LogP contribution in [-0.2, 0) is 0 Å². The van der Waals surface area contributed by atoms with Crippen LogP contribution in [0.25, 0.3) is 0 Å². The maximum absolute atomic E-state index is 4.01. The second-order valence-corrected chi connectivity index (χ2v) is 2.54. The Morgan fingerprint density at radius 3 is 2.45 bits per heavy atom. The van der Waals surface area contributed by atoms with Gasteiger partial charge in [0.05, 0.1) is 0 Å². The minimum absolute atomic E-state index is 0.293. The van der Waals surface area contributed by atoms with E-state index in [2.05, 4.69) is 25.1 Å². The second-order valence-electron chi connectivity index (χ2n) is 2.54. The topological polar surface area (TPSA) is 0 Å². The van der Waals surface area contributed by atoms with Crippen LogP contribution in [0.2, 0.25) is 0 Å². The van der Waals surface area contributed by atoms with E-state index in [0.29, 0.717) is 5.92 Å². The van der Waals surface area contributed by atoms with Crippen molar-refractivity contribution in [3.63, 3.8) is 0 Å². The summed E-state index contributed by atoms with van der Waals surface area (Å²) in [5, 5.41) is 0. The lowest BCUT2D eigenvalue weighted by atomic mass is 10.0. The Morgan fingerprint density at radius 1 is 1.27 bits per heavy atom. The summed E-state index contributed by atoms with van der Waals surface area (Å²) >= 11 is 0. The van der Waals surface area contributed by atoms with Crippen molar-refractivity contribution in [2.45, 2.75) is 12.8 Å². The van der Waals surface area contributed by atoms with Crippen LogP contribution in [0.3, 0.4) is 0 Å². The number of rotatable bonds is 2. The summed E-state index contributed by atoms with van der Waals surface area (Å²) in [7, 11) is 0. The van der Waals surface area contributed by atoms with E-state index in [1.54, 1.807) is 0 Å². The SMILES string of the molecule is [CH2]C(/C=C\C)c1ccccc1. The van der Waals surface area contributed by atoms with Gasteiger partial charge in [0.15, 0.2) is 0 Å². The summed E-state index contributed by atoms with van der Waals surface area (Å²) in [5.74, 6) is 0.293. The molecule has 1 atom stereocenters. The van der Waals surface area contributed by atoms with Gasteiger partial charge in [-0.3, -0.25) is 0 Å². The highest BCUT2D eigenvalue weighted by atomic mass is 14.0. The molecule has 0 aliphatic carbocycles. The molecule has 0 N–H and O–H groups in total. The average molecular weight is 145 g/mol. The highest BCUT2D eigenvalue weighted by Gasteiger charge is 1.97. The summed E-state index contributed by atoms with van der Waals surface area (Å²) in [6.07, 6.45) is 4.12. The van der Waals surface area contributed by atoms with E-state index < -0.39 is 0 Å². The first-order valence-electron chi connectivity index (χ1n) is 3.85. The first kappa shape index (κ1) is 8.06. The van der Waals surface area contributed by atoms with Crippen LogP contribution >= 0.6 is 0 Å². The van der Waals surface area contributed by atoms with E-state index in [-0.39, 0.29) is 0 Å². The zero-order chi connectivity index (χ0) is 8.10. The lowest BCUT2D eigenvalue weighted by Crippen LogP contribution is -1.87. The van der Waals surface area contributed by atoms with Crippen LogP contribution in [0.4, 0.5) is 0 Å². The molecule has 1 unspecified atom stereocenters. The van der Waals surface area contributed by atoms with E-state index in [0.717, 1.165) is 0 Å². The number of hydrogen-bond acceptors (Lipinski definition) is 0. The minimum Gasteiger partial charge on any atom is -0.0910 e. The zero-order valence-corrected chi connectivity index (χ0v) is 6.83. The predicted octanol–water partition coefficient (Wildman–Crippen LogP) is 3.18. The van der Waals surface area contributed by atoms with E-state index in [9.17, 15) is 0 Å². The summed E-state index contributed by atoms with van der Waals surface area (Å²) in [4.78, 5) is 0. The molecule has 1 aromatic carbocycles. The molecule has 0 heteroatoms. The fourth-order valence-electron chi connectivity index (χ4n) is 1.04. The highest BCUT2D eigenvalue weighted by Crippen LogP contribution is 2.14. The van der Waals surface area contributed by atoms with Crippen LogP contribution in [0.15, 0.2) is 42.5 Å². The molecule has 57 valence electrons. The Kier molecular flexibility index (Phi) is 2.91. The lowest BCUT2D eigenvalue weighted by Gasteiger charge is -2.04. The van der Waals surface area contributed by atoms with Crippen molar-refractivity contribution in [2.75, 3.05) is 0 Å².